The molecule has 1 amide bonds. The minimum absolute atomic E-state index is 0.0421. The van der Waals surface area contributed by atoms with Crippen molar-refractivity contribution >= 4 is 27.3 Å². The predicted octanol–water partition coefficient (Wildman–Crippen LogP) is 1.85. The predicted molar refractivity (Wildman–Crippen MR) is 89.1 cm³/mol. The Kier molecular flexibility index (Phi) is 4.06. The molecule has 0 spiro atoms. The van der Waals surface area contributed by atoms with Gasteiger partial charge in [0.15, 0.2) is 6.61 Å². The molecule has 7 nitrogen and oxygen atoms in total. The number of carbonyl (C=O) groups is 1. The normalized spacial score (nSPS) is 13.5. The lowest BCUT2D eigenvalue weighted by molar-refractivity contribution is -0.118. The van der Waals surface area contributed by atoms with E-state index in [0.29, 0.717) is 22.9 Å². The molecule has 126 valence electrons. The Bertz CT molecular complexity index is 895. The highest BCUT2D eigenvalue weighted by Crippen LogP contribution is 2.34. The van der Waals surface area contributed by atoms with Gasteiger partial charge >= 0.3 is 0 Å². The SMILES string of the molecule is COc1ccccc1N(C)S(=O)(=O)c1ccc2c(c1)NC(=O)CO2. The third kappa shape index (κ3) is 2.76. The fraction of sp³-hybridized carbons (Fsp3) is 0.188. The lowest BCUT2D eigenvalue weighted by Crippen LogP contribution is -2.28. The van der Waals surface area contributed by atoms with E-state index in [0.717, 1.165) is 4.31 Å². The summed E-state index contributed by atoms with van der Waals surface area (Å²) >= 11 is 0. The molecule has 1 N–H and O–H groups in total. The van der Waals surface area contributed by atoms with Crippen molar-refractivity contribution in [2.24, 2.45) is 0 Å². The first-order valence-electron chi connectivity index (χ1n) is 7.12. The van der Waals surface area contributed by atoms with E-state index in [-0.39, 0.29) is 17.4 Å². The summed E-state index contributed by atoms with van der Waals surface area (Å²) in [5.74, 6) is 0.557. The van der Waals surface area contributed by atoms with Crippen molar-refractivity contribution in [3.63, 3.8) is 0 Å². The molecule has 0 saturated carbocycles. The number of benzene rings is 2. The Morgan fingerprint density at radius 3 is 2.71 bits per heavy atom. The molecule has 0 aliphatic carbocycles. The summed E-state index contributed by atoms with van der Waals surface area (Å²) in [6, 6.07) is 11.2. The van der Waals surface area contributed by atoms with Crippen molar-refractivity contribution in [2.45, 2.75) is 4.90 Å². The van der Waals surface area contributed by atoms with Crippen LogP contribution in [0.15, 0.2) is 47.4 Å². The van der Waals surface area contributed by atoms with Gasteiger partial charge in [0.25, 0.3) is 15.9 Å². The number of sulfonamides is 1. The van der Waals surface area contributed by atoms with E-state index in [1.54, 1.807) is 24.3 Å². The summed E-state index contributed by atoms with van der Waals surface area (Å²) in [4.78, 5) is 11.5. The van der Waals surface area contributed by atoms with E-state index in [9.17, 15) is 13.2 Å². The lowest BCUT2D eigenvalue weighted by Gasteiger charge is -2.23. The Hall–Kier alpha value is -2.74. The maximum Gasteiger partial charge on any atom is 0.264 e. The van der Waals surface area contributed by atoms with Crippen LogP contribution in [0.5, 0.6) is 11.5 Å². The molecule has 8 heteroatoms. The van der Waals surface area contributed by atoms with Crippen molar-refractivity contribution in [1.82, 2.24) is 0 Å². The molecule has 0 bridgehead atoms. The number of nitrogens with one attached hydrogen (secondary N) is 1. The molecule has 1 aliphatic heterocycles. The van der Waals surface area contributed by atoms with Gasteiger partial charge in [0.05, 0.1) is 23.4 Å². The van der Waals surface area contributed by atoms with Gasteiger partial charge in [0.2, 0.25) is 0 Å². The number of fused-ring (bicyclic) bond motifs is 1. The zero-order valence-electron chi connectivity index (χ0n) is 13.1. The van der Waals surface area contributed by atoms with Crippen molar-refractivity contribution in [2.75, 3.05) is 30.4 Å². The molecule has 0 atom stereocenters. The average molecular weight is 348 g/mol. The molecule has 0 radical (unpaired) electrons. The minimum Gasteiger partial charge on any atom is -0.495 e. The van der Waals surface area contributed by atoms with E-state index in [1.165, 1.54) is 32.4 Å². The topological polar surface area (TPSA) is 84.9 Å². The highest BCUT2D eigenvalue weighted by atomic mass is 32.2. The van der Waals surface area contributed by atoms with Crippen LogP contribution in [-0.2, 0) is 14.8 Å². The van der Waals surface area contributed by atoms with E-state index >= 15 is 0 Å². The van der Waals surface area contributed by atoms with Crippen molar-refractivity contribution in [3.8, 4) is 11.5 Å². The number of ether oxygens (including phenoxy) is 2. The van der Waals surface area contributed by atoms with Gasteiger partial charge in [-0.05, 0) is 30.3 Å². The van der Waals surface area contributed by atoms with Crippen molar-refractivity contribution in [3.05, 3.63) is 42.5 Å². The number of nitrogens with zero attached hydrogens (tertiary/aromatic N) is 1. The van der Waals surface area contributed by atoms with Crippen LogP contribution < -0.4 is 19.1 Å². The second kappa shape index (κ2) is 6.04. The van der Waals surface area contributed by atoms with Crippen LogP contribution in [0.4, 0.5) is 11.4 Å². The number of hydrogen-bond acceptors (Lipinski definition) is 5. The average Bonchev–Trinajstić information content (AvgIpc) is 2.60. The third-order valence-electron chi connectivity index (χ3n) is 3.67. The number of hydrogen-bond donors (Lipinski definition) is 1. The first kappa shape index (κ1) is 16.1. The Morgan fingerprint density at radius 2 is 1.96 bits per heavy atom. The van der Waals surface area contributed by atoms with Gasteiger partial charge in [0.1, 0.15) is 11.5 Å². The number of amides is 1. The van der Waals surface area contributed by atoms with Crippen LogP contribution in [0, 0.1) is 0 Å². The van der Waals surface area contributed by atoms with Crippen molar-refractivity contribution in [1.29, 1.82) is 0 Å². The van der Waals surface area contributed by atoms with Gasteiger partial charge < -0.3 is 14.8 Å². The largest absolute Gasteiger partial charge is 0.495 e. The van der Waals surface area contributed by atoms with Crippen LogP contribution in [0.25, 0.3) is 0 Å². The lowest BCUT2D eigenvalue weighted by atomic mass is 10.2. The second-order valence-electron chi connectivity index (χ2n) is 5.14. The maximum absolute atomic E-state index is 12.9. The van der Waals surface area contributed by atoms with E-state index in [2.05, 4.69) is 5.32 Å². The molecule has 3 rings (SSSR count). The fourth-order valence-electron chi connectivity index (χ4n) is 2.40. The Balaban J connectivity index is 2.01. The van der Waals surface area contributed by atoms with Crippen LogP contribution in [0.2, 0.25) is 0 Å². The summed E-state index contributed by atoms with van der Waals surface area (Å²) in [5, 5.41) is 2.60. The molecule has 1 heterocycles. The van der Waals surface area contributed by atoms with E-state index < -0.39 is 10.0 Å². The standard InChI is InChI=1S/C16H16N2O5S/c1-18(13-5-3-4-6-15(13)22-2)24(20,21)11-7-8-14-12(9-11)17-16(19)10-23-14/h3-9H,10H2,1-2H3,(H,17,19). The molecule has 0 aromatic heterocycles. The fourth-order valence-corrected chi connectivity index (χ4v) is 3.63. The summed E-state index contributed by atoms with van der Waals surface area (Å²) in [6.07, 6.45) is 0. The quantitative estimate of drug-likeness (QED) is 0.911. The van der Waals surface area contributed by atoms with Gasteiger partial charge in [0, 0.05) is 7.05 Å². The molecule has 0 saturated heterocycles. The Morgan fingerprint density at radius 1 is 1.21 bits per heavy atom. The van der Waals surface area contributed by atoms with E-state index in [1.807, 2.05) is 0 Å². The number of rotatable bonds is 4. The molecular weight excluding hydrogens is 332 g/mol. The van der Waals surface area contributed by atoms with Crippen LogP contribution >= 0.6 is 0 Å². The van der Waals surface area contributed by atoms with Crippen molar-refractivity contribution < 1.29 is 22.7 Å². The summed E-state index contributed by atoms with van der Waals surface area (Å²) in [5.41, 5.74) is 0.749. The number of para-hydroxylation sites is 2. The summed E-state index contributed by atoms with van der Waals surface area (Å²) < 4.78 is 37.4. The Labute approximate surface area is 139 Å². The maximum atomic E-state index is 12.9. The number of methoxy groups -OCH3 is 1. The third-order valence-corrected chi connectivity index (χ3v) is 5.43. The highest BCUT2D eigenvalue weighted by molar-refractivity contribution is 7.92. The molecular formula is C16H16N2O5S. The van der Waals surface area contributed by atoms with Gasteiger partial charge in [-0.15, -0.1) is 0 Å². The highest BCUT2D eigenvalue weighted by Gasteiger charge is 2.26. The van der Waals surface area contributed by atoms with E-state index in [4.69, 9.17) is 9.47 Å². The van der Waals surface area contributed by atoms with Gasteiger partial charge in [-0.1, -0.05) is 12.1 Å². The zero-order valence-corrected chi connectivity index (χ0v) is 14.0. The molecule has 1 aliphatic rings. The number of anilines is 2. The smallest absolute Gasteiger partial charge is 0.264 e. The molecule has 0 fully saturated rings. The molecule has 2 aromatic rings. The van der Waals surface area contributed by atoms with Gasteiger partial charge in [-0.3, -0.25) is 9.10 Å². The molecule has 24 heavy (non-hydrogen) atoms. The van der Waals surface area contributed by atoms with Crippen LogP contribution in [0.3, 0.4) is 0 Å². The monoisotopic (exact) mass is 348 g/mol. The second-order valence-corrected chi connectivity index (χ2v) is 7.11. The first-order chi connectivity index (χ1) is 11.4. The summed E-state index contributed by atoms with van der Waals surface area (Å²) in [7, 11) is -0.906. The van der Waals surface area contributed by atoms with Crippen LogP contribution in [0.1, 0.15) is 0 Å². The van der Waals surface area contributed by atoms with Gasteiger partial charge in [-0.2, -0.15) is 0 Å². The van der Waals surface area contributed by atoms with Gasteiger partial charge in [-0.25, -0.2) is 8.42 Å². The van der Waals surface area contributed by atoms with Crippen LogP contribution in [-0.4, -0.2) is 35.1 Å². The molecule has 0 unspecified atom stereocenters. The molecule has 2 aromatic carbocycles. The number of carbonyl (C=O) groups excluding carboxylic acids is 1. The zero-order chi connectivity index (χ0) is 17.3. The first-order valence-corrected chi connectivity index (χ1v) is 8.56. The minimum atomic E-state index is -3.83. The summed E-state index contributed by atoms with van der Waals surface area (Å²) in [6.45, 7) is -0.0831.